The Hall–Kier alpha value is -3.23. The van der Waals surface area contributed by atoms with Crippen molar-refractivity contribution in [2.75, 3.05) is 32.8 Å². The highest BCUT2D eigenvalue weighted by Crippen LogP contribution is 2.29. The van der Waals surface area contributed by atoms with E-state index in [-0.39, 0.29) is 10.6 Å². The van der Waals surface area contributed by atoms with Gasteiger partial charge >= 0.3 is 5.97 Å². The van der Waals surface area contributed by atoms with Crippen LogP contribution in [0, 0.1) is 10.1 Å². The summed E-state index contributed by atoms with van der Waals surface area (Å²) >= 11 is 0. The molecule has 0 spiro atoms. The molecule has 1 aliphatic rings. The Morgan fingerprint density at radius 1 is 1.22 bits per heavy atom. The van der Waals surface area contributed by atoms with Crippen LogP contribution in [0.3, 0.4) is 0 Å². The van der Waals surface area contributed by atoms with Crippen LogP contribution >= 0.6 is 0 Å². The smallest absolute Gasteiger partial charge is 0.333 e. The summed E-state index contributed by atoms with van der Waals surface area (Å²) in [5, 5.41) is 20.4. The fourth-order valence-corrected chi connectivity index (χ4v) is 3.71. The first-order chi connectivity index (χ1) is 15.5. The number of carboxylic acid groups (broad SMARTS) is 1. The second kappa shape index (κ2) is 11.4. The number of aliphatic carboxylic acids is 1. The molecule has 170 valence electrons. The molecule has 1 atom stereocenters. The Bertz CT molecular complexity index is 957. The van der Waals surface area contributed by atoms with Crippen LogP contribution in [0.1, 0.15) is 24.5 Å². The van der Waals surface area contributed by atoms with E-state index in [1.807, 2.05) is 30.3 Å². The van der Waals surface area contributed by atoms with E-state index in [1.165, 1.54) is 0 Å². The van der Waals surface area contributed by atoms with Gasteiger partial charge in [0.15, 0.2) is 6.10 Å². The molecule has 1 aliphatic heterocycles. The predicted octanol–water partition coefficient (Wildman–Crippen LogP) is 3.80. The zero-order chi connectivity index (χ0) is 22.9. The Labute approximate surface area is 187 Å². The van der Waals surface area contributed by atoms with E-state index in [0.29, 0.717) is 25.2 Å². The molecule has 0 bridgehead atoms. The molecule has 32 heavy (non-hydrogen) atoms. The van der Waals surface area contributed by atoms with Gasteiger partial charge in [0.2, 0.25) is 0 Å². The Morgan fingerprint density at radius 3 is 2.59 bits per heavy atom. The van der Waals surface area contributed by atoms with E-state index in [2.05, 4.69) is 11.0 Å². The average Bonchev–Trinajstić information content (AvgIpc) is 2.80. The maximum Gasteiger partial charge on any atom is 0.333 e. The summed E-state index contributed by atoms with van der Waals surface area (Å²) < 4.78 is 11.1. The molecule has 1 unspecified atom stereocenters. The Kier molecular flexibility index (Phi) is 8.35. The fraction of sp³-hybridized carbons (Fsp3) is 0.375. The van der Waals surface area contributed by atoms with Crippen molar-refractivity contribution >= 4 is 17.2 Å². The van der Waals surface area contributed by atoms with Crippen molar-refractivity contribution in [1.82, 2.24) is 4.90 Å². The minimum absolute atomic E-state index is 0.148. The summed E-state index contributed by atoms with van der Waals surface area (Å²) in [6.45, 7) is 4.93. The van der Waals surface area contributed by atoms with Gasteiger partial charge in [-0.2, -0.15) is 0 Å². The van der Waals surface area contributed by atoms with Crippen molar-refractivity contribution in [3.05, 3.63) is 75.8 Å². The SMILES string of the molecule is CCOC(Cc1ccc(OCCN2CC=C(c3ccccc3[N+](=O)[O-])CC2)cc1)C(=O)O. The summed E-state index contributed by atoms with van der Waals surface area (Å²) in [5.41, 5.74) is 2.73. The van der Waals surface area contributed by atoms with Gasteiger partial charge in [-0.15, -0.1) is 0 Å². The first-order valence-electron chi connectivity index (χ1n) is 10.7. The highest BCUT2D eigenvalue weighted by Gasteiger charge is 2.20. The molecule has 0 saturated carbocycles. The van der Waals surface area contributed by atoms with Gasteiger partial charge in [0.25, 0.3) is 5.69 Å². The van der Waals surface area contributed by atoms with Crippen LogP contribution in [-0.2, 0) is 16.0 Å². The van der Waals surface area contributed by atoms with Crippen molar-refractivity contribution in [3.63, 3.8) is 0 Å². The molecular weight excluding hydrogens is 412 g/mol. The van der Waals surface area contributed by atoms with Gasteiger partial charge < -0.3 is 14.6 Å². The normalized spacial score (nSPS) is 15.1. The number of hydrogen-bond donors (Lipinski definition) is 1. The van der Waals surface area contributed by atoms with Crippen LogP contribution in [0.25, 0.3) is 5.57 Å². The quantitative estimate of drug-likeness (QED) is 0.419. The standard InChI is InChI=1S/C24H28N2O6/c1-2-31-23(24(27)28)17-18-7-9-20(10-8-18)32-16-15-25-13-11-19(12-14-25)21-5-3-4-6-22(21)26(29)30/h3-11,23H,2,12-17H2,1H3,(H,27,28). The van der Waals surface area contributed by atoms with E-state index in [0.717, 1.165) is 42.9 Å². The molecular formula is C24H28N2O6. The number of nitro groups is 1. The molecule has 0 aliphatic carbocycles. The number of carbonyl (C=O) groups is 1. The van der Waals surface area contributed by atoms with E-state index in [4.69, 9.17) is 9.47 Å². The molecule has 8 nitrogen and oxygen atoms in total. The summed E-state index contributed by atoms with van der Waals surface area (Å²) in [6.07, 6.45) is 2.27. The number of nitrogens with zero attached hydrogens (tertiary/aromatic N) is 2. The topological polar surface area (TPSA) is 102 Å². The molecule has 0 aromatic heterocycles. The minimum Gasteiger partial charge on any atom is -0.492 e. The Morgan fingerprint density at radius 2 is 1.97 bits per heavy atom. The lowest BCUT2D eigenvalue weighted by Crippen LogP contribution is -2.32. The molecule has 2 aromatic rings. The molecule has 8 heteroatoms. The van der Waals surface area contributed by atoms with Gasteiger partial charge in [0.1, 0.15) is 12.4 Å². The van der Waals surface area contributed by atoms with Crippen LogP contribution in [0.5, 0.6) is 5.75 Å². The zero-order valence-electron chi connectivity index (χ0n) is 18.1. The summed E-state index contributed by atoms with van der Waals surface area (Å²) in [5.74, 6) is -0.238. The highest BCUT2D eigenvalue weighted by molar-refractivity contribution is 5.73. The summed E-state index contributed by atoms with van der Waals surface area (Å²) in [4.78, 5) is 24.4. The monoisotopic (exact) mass is 440 g/mol. The molecule has 0 radical (unpaired) electrons. The third kappa shape index (κ3) is 6.38. The average molecular weight is 440 g/mol. The van der Waals surface area contributed by atoms with Crippen LogP contribution < -0.4 is 4.74 Å². The van der Waals surface area contributed by atoms with Gasteiger partial charge in [0, 0.05) is 38.7 Å². The number of hydrogen-bond acceptors (Lipinski definition) is 6. The predicted molar refractivity (Wildman–Crippen MR) is 121 cm³/mol. The van der Waals surface area contributed by atoms with E-state index in [1.54, 1.807) is 25.1 Å². The molecule has 2 aromatic carbocycles. The van der Waals surface area contributed by atoms with Crippen molar-refractivity contribution in [2.24, 2.45) is 0 Å². The first-order valence-corrected chi connectivity index (χ1v) is 10.7. The van der Waals surface area contributed by atoms with Gasteiger partial charge in [-0.1, -0.05) is 30.3 Å². The molecule has 0 saturated heterocycles. The molecule has 0 fully saturated rings. The largest absolute Gasteiger partial charge is 0.492 e. The van der Waals surface area contributed by atoms with E-state index >= 15 is 0 Å². The molecule has 1 heterocycles. The van der Waals surface area contributed by atoms with E-state index in [9.17, 15) is 20.0 Å². The van der Waals surface area contributed by atoms with Crippen molar-refractivity contribution < 1.29 is 24.3 Å². The fourth-order valence-electron chi connectivity index (χ4n) is 3.71. The van der Waals surface area contributed by atoms with Crippen LogP contribution in [0.15, 0.2) is 54.6 Å². The van der Waals surface area contributed by atoms with Crippen molar-refractivity contribution in [1.29, 1.82) is 0 Å². The lowest BCUT2D eigenvalue weighted by Gasteiger charge is -2.26. The maximum atomic E-state index is 11.3. The summed E-state index contributed by atoms with van der Waals surface area (Å²) in [7, 11) is 0. The third-order valence-electron chi connectivity index (χ3n) is 5.40. The minimum atomic E-state index is -0.965. The van der Waals surface area contributed by atoms with Gasteiger partial charge in [0.05, 0.1) is 10.5 Å². The van der Waals surface area contributed by atoms with Crippen molar-refractivity contribution in [2.45, 2.75) is 25.9 Å². The first kappa shape index (κ1) is 23.4. The van der Waals surface area contributed by atoms with Crippen LogP contribution in [0.4, 0.5) is 5.69 Å². The number of para-hydroxylation sites is 1. The molecule has 0 amide bonds. The van der Waals surface area contributed by atoms with Crippen LogP contribution in [0.2, 0.25) is 0 Å². The van der Waals surface area contributed by atoms with E-state index < -0.39 is 12.1 Å². The van der Waals surface area contributed by atoms with Crippen molar-refractivity contribution in [3.8, 4) is 5.75 Å². The lowest BCUT2D eigenvalue weighted by atomic mass is 9.98. The molecule has 1 N–H and O–H groups in total. The van der Waals surface area contributed by atoms with Gasteiger partial charge in [-0.3, -0.25) is 15.0 Å². The number of nitro benzene ring substituents is 1. The van der Waals surface area contributed by atoms with Gasteiger partial charge in [-0.25, -0.2) is 4.79 Å². The van der Waals surface area contributed by atoms with Gasteiger partial charge in [-0.05, 0) is 42.7 Å². The molecule has 3 rings (SSSR count). The second-order valence-electron chi connectivity index (χ2n) is 7.53. The number of rotatable bonds is 11. The summed E-state index contributed by atoms with van der Waals surface area (Å²) in [6, 6.07) is 14.2. The maximum absolute atomic E-state index is 11.3. The lowest BCUT2D eigenvalue weighted by molar-refractivity contribution is -0.385. The third-order valence-corrected chi connectivity index (χ3v) is 5.40. The highest BCUT2D eigenvalue weighted by atomic mass is 16.6. The Balaban J connectivity index is 1.47. The number of carboxylic acids is 1. The second-order valence-corrected chi connectivity index (χ2v) is 7.53. The zero-order valence-corrected chi connectivity index (χ0v) is 18.1. The number of ether oxygens (including phenoxy) is 2. The van der Waals surface area contributed by atoms with Crippen LogP contribution in [-0.4, -0.2) is 59.9 Å². The number of benzene rings is 2.